The summed E-state index contributed by atoms with van der Waals surface area (Å²) in [4.78, 5) is 42.5. The molecular formula is C13H13N5O9. The summed E-state index contributed by atoms with van der Waals surface area (Å²) in [7, 11) is 1.08. The number of hydrogen-bond acceptors (Lipinski definition) is 10. The molecule has 2 rings (SSSR count). The third kappa shape index (κ3) is 2.86. The molecule has 1 aliphatic heterocycles. The number of nitro benzene ring substituents is 2. The highest BCUT2D eigenvalue weighted by Crippen LogP contribution is 2.51. The minimum absolute atomic E-state index is 0.371. The number of aliphatic hydroxyl groups excluding tert-OH is 1. The van der Waals surface area contributed by atoms with Gasteiger partial charge in [-0.3, -0.25) is 40.5 Å². The van der Waals surface area contributed by atoms with E-state index >= 15 is 0 Å². The molecule has 0 saturated heterocycles. The first-order valence-electron chi connectivity index (χ1n) is 7.24. The molecule has 0 radical (unpaired) electrons. The Kier molecular flexibility index (Phi) is 4.44. The van der Waals surface area contributed by atoms with Gasteiger partial charge in [0.15, 0.2) is 5.92 Å². The van der Waals surface area contributed by atoms with Crippen LogP contribution < -0.4 is 4.90 Å². The monoisotopic (exact) mass is 383 g/mol. The fraction of sp³-hybridized carbons (Fsp3) is 0.385. The lowest BCUT2D eigenvalue weighted by Gasteiger charge is -2.33. The molecule has 0 fully saturated rings. The normalized spacial score (nSPS) is 16.7. The average Bonchev–Trinajstić information content (AvgIpc) is 2.55. The number of fused-ring (bicyclic) bond motifs is 1. The molecule has 0 bridgehead atoms. The highest BCUT2D eigenvalue weighted by atomic mass is 16.6. The second kappa shape index (κ2) is 6.15. The highest BCUT2D eigenvalue weighted by Gasteiger charge is 2.56. The van der Waals surface area contributed by atoms with E-state index < -0.39 is 59.8 Å². The molecule has 0 aliphatic carbocycles. The predicted octanol–water partition coefficient (Wildman–Crippen LogP) is 2.10. The Hall–Kier alpha value is -3.84. The van der Waals surface area contributed by atoms with Gasteiger partial charge in [0.05, 0.1) is 20.8 Å². The van der Waals surface area contributed by atoms with Gasteiger partial charge in [0.1, 0.15) is 5.69 Å². The minimum atomic E-state index is -2.12. The molecule has 14 heteroatoms. The summed E-state index contributed by atoms with van der Waals surface area (Å²) in [6.07, 6.45) is 0. The van der Waals surface area contributed by atoms with E-state index in [1.165, 1.54) is 0 Å². The van der Waals surface area contributed by atoms with Crippen LogP contribution in [0.1, 0.15) is 25.3 Å². The quantitative estimate of drug-likeness (QED) is 0.580. The Balaban J connectivity index is 3.03. The molecule has 27 heavy (non-hydrogen) atoms. The van der Waals surface area contributed by atoms with E-state index in [2.05, 4.69) is 0 Å². The Bertz CT molecular complexity index is 923. The van der Waals surface area contributed by atoms with E-state index in [0.29, 0.717) is 11.0 Å². The van der Waals surface area contributed by atoms with E-state index in [9.17, 15) is 45.6 Å². The van der Waals surface area contributed by atoms with Crippen LogP contribution in [-0.4, -0.2) is 37.4 Å². The molecule has 1 heterocycles. The van der Waals surface area contributed by atoms with Gasteiger partial charge < -0.3 is 10.0 Å². The Morgan fingerprint density at radius 3 is 1.96 bits per heavy atom. The SMILES string of the molecule is CN1C(O)=C([N+](=O)[O-])[C@@H](C(C)(C)[N+](=O)[O-])c2cc([N+](=O)[O-])cc([N+](=O)[O-])c21. The van der Waals surface area contributed by atoms with Gasteiger partial charge >= 0.3 is 5.70 Å². The number of anilines is 1. The first-order valence-corrected chi connectivity index (χ1v) is 7.24. The maximum Gasteiger partial charge on any atom is 0.320 e. The van der Waals surface area contributed by atoms with Gasteiger partial charge in [0, 0.05) is 37.4 Å². The lowest BCUT2D eigenvalue weighted by molar-refractivity contribution is -0.571. The van der Waals surface area contributed by atoms with E-state index in [-0.39, 0.29) is 5.56 Å². The fourth-order valence-electron chi connectivity index (χ4n) is 3.02. The molecule has 1 aromatic rings. The van der Waals surface area contributed by atoms with Crippen molar-refractivity contribution in [3.05, 3.63) is 69.7 Å². The predicted molar refractivity (Wildman–Crippen MR) is 88.6 cm³/mol. The van der Waals surface area contributed by atoms with Gasteiger partial charge in [0.2, 0.25) is 5.54 Å². The lowest BCUT2D eigenvalue weighted by Crippen LogP contribution is -2.44. The van der Waals surface area contributed by atoms with Crippen LogP contribution in [0.25, 0.3) is 0 Å². The van der Waals surface area contributed by atoms with E-state index in [0.717, 1.165) is 27.0 Å². The van der Waals surface area contributed by atoms with Crippen LogP contribution in [-0.2, 0) is 0 Å². The molecule has 1 atom stereocenters. The van der Waals surface area contributed by atoms with Crippen molar-refractivity contribution >= 4 is 17.1 Å². The van der Waals surface area contributed by atoms with Gasteiger partial charge in [-0.25, -0.2) is 0 Å². The number of hydrogen-bond donors (Lipinski definition) is 1. The van der Waals surface area contributed by atoms with Crippen LogP contribution in [0.15, 0.2) is 23.7 Å². The Morgan fingerprint density at radius 2 is 1.56 bits per heavy atom. The second-order valence-electron chi connectivity index (χ2n) is 6.29. The zero-order valence-electron chi connectivity index (χ0n) is 14.2. The number of nitrogens with zero attached hydrogens (tertiary/aromatic N) is 5. The van der Waals surface area contributed by atoms with Crippen molar-refractivity contribution in [2.24, 2.45) is 0 Å². The van der Waals surface area contributed by atoms with Crippen LogP contribution >= 0.6 is 0 Å². The van der Waals surface area contributed by atoms with Gasteiger partial charge in [0.25, 0.3) is 17.3 Å². The molecule has 144 valence electrons. The molecule has 0 spiro atoms. The fourth-order valence-corrected chi connectivity index (χ4v) is 3.02. The lowest BCUT2D eigenvalue weighted by atomic mass is 9.77. The smallest absolute Gasteiger partial charge is 0.320 e. The first-order chi connectivity index (χ1) is 12.3. The third-order valence-electron chi connectivity index (χ3n) is 4.35. The van der Waals surface area contributed by atoms with Crippen molar-refractivity contribution in [1.82, 2.24) is 0 Å². The van der Waals surface area contributed by atoms with Crippen LogP contribution in [0.5, 0.6) is 0 Å². The summed E-state index contributed by atoms with van der Waals surface area (Å²) in [6, 6.07) is 1.43. The van der Waals surface area contributed by atoms with Gasteiger partial charge in [-0.1, -0.05) is 0 Å². The molecule has 0 saturated carbocycles. The first kappa shape index (κ1) is 19.5. The van der Waals surface area contributed by atoms with Crippen molar-refractivity contribution in [1.29, 1.82) is 0 Å². The van der Waals surface area contributed by atoms with Gasteiger partial charge in [-0.15, -0.1) is 0 Å². The topological polar surface area (TPSA) is 196 Å². The van der Waals surface area contributed by atoms with Crippen molar-refractivity contribution in [3.63, 3.8) is 0 Å². The van der Waals surface area contributed by atoms with E-state index in [4.69, 9.17) is 0 Å². The summed E-state index contributed by atoms with van der Waals surface area (Å²) >= 11 is 0. The summed E-state index contributed by atoms with van der Waals surface area (Å²) in [5.41, 5.74) is -5.45. The van der Waals surface area contributed by atoms with Crippen LogP contribution in [0.4, 0.5) is 17.1 Å². The van der Waals surface area contributed by atoms with Gasteiger partial charge in [-0.2, -0.15) is 0 Å². The standard InChI is InChI=1S/C13H13N5O9/c1-13(2,18(26)27)9-7-4-6(15(20)21)5-8(16(22)23)10(7)14(3)12(19)11(9)17(24)25/h4-5,9,19H,1-3H3/t9-/m0/s1. The van der Waals surface area contributed by atoms with Crippen LogP contribution in [0.3, 0.4) is 0 Å². The molecular weight excluding hydrogens is 370 g/mol. The number of benzene rings is 1. The van der Waals surface area contributed by atoms with Crippen molar-refractivity contribution in [2.75, 3.05) is 11.9 Å². The maximum atomic E-state index is 11.5. The summed E-state index contributed by atoms with van der Waals surface area (Å²) in [5.74, 6) is -2.81. The van der Waals surface area contributed by atoms with Crippen molar-refractivity contribution in [3.8, 4) is 0 Å². The molecule has 0 amide bonds. The summed E-state index contributed by atoms with van der Waals surface area (Å²) < 4.78 is 0. The number of non-ortho nitro benzene ring substituents is 1. The largest absolute Gasteiger partial charge is 0.490 e. The Morgan fingerprint density at radius 1 is 1.00 bits per heavy atom. The molecule has 1 aromatic carbocycles. The van der Waals surface area contributed by atoms with Gasteiger partial charge in [-0.05, 0) is 0 Å². The van der Waals surface area contributed by atoms with E-state index in [1.54, 1.807) is 0 Å². The summed E-state index contributed by atoms with van der Waals surface area (Å²) in [5, 5.41) is 55.8. The zero-order valence-corrected chi connectivity index (χ0v) is 14.2. The number of rotatable bonds is 5. The Labute approximate surface area is 149 Å². The third-order valence-corrected chi connectivity index (χ3v) is 4.35. The average molecular weight is 383 g/mol. The highest BCUT2D eigenvalue weighted by molar-refractivity contribution is 5.76. The second-order valence-corrected chi connectivity index (χ2v) is 6.29. The number of nitro groups is 4. The minimum Gasteiger partial charge on any atom is -0.490 e. The molecule has 1 N–H and O–H groups in total. The summed E-state index contributed by atoms with van der Waals surface area (Å²) in [6.45, 7) is 2.04. The van der Waals surface area contributed by atoms with Crippen LogP contribution in [0.2, 0.25) is 0 Å². The molecule has 0 aromatic heterocycles. The molecule has 14 nitrogen and oxygen atoms in total. The van der Waals surface area contributed by atoms with E-state index in [1.807, 2.05) is 0 Å². The molecule has 0 unspecified atom stereocenters. The zero-order chi connectivity index (χ0) is 20.8. The van der Waals surface area contributed by atoms with Crippen molar-refractivity contribution in [2.45, 2.75) is 25.3 Å². The number of aliphatic hydroxyl groups is 1. The molecule has 1 aliphatic rings. The van der Waals surface area contributed by atoms with Crippen LogP contribution in [0, 0.1) is 40.5 Å². The maximum absolute atomic E-state index is 11.5. The van der Waals surface area contributed by atoms with Crippen molar-refractivity contribution < 1.29 is 24.8 Å².